The number of nitrogens with zero attached hydrogens (tertiary/aromatic N) is 4. The van der Waals surface area contributed by atoms with Crippen LogP contribution >= 0.6 is 0 Å². The minimum absolute atomic E-state index is 0.585. The molecule has 0 amide bonds. The number of benzene rings is 2. The largest absolute Gasteiger partial charge is 0.497 e. The molecular formula is C14H10N4O. The number of aromatic nitrogens is 1. The molecule has 5 nitrogen and oxygen atoms in total. The second-order valence-corrected chi connectivity index (χ2v) is 4.05. The van der Waals surface area contributed by atoms with Gasteiger partial charge in [-0.1, -0.05) is 23.3 Å². The van der Waals surface area contributed by atoms with Crippen molar-refractivity contribution < 1.29 is 4.74 Å². The second-order valence-electron chi connectivity index (χ2n) is 4.05. The average Bonchev–Trinajstić information content (AvgIpc) is 2.47. The van der Waals surface area contributed by atoms with Crippen LogP contribution in [0.4, 0.5) is 5.69 Å². The van der Waals surface area contributed by atoms with Crippen molar-refractivity contribution in [3.63, 3.8) is 0 Å². The van der Waals surface area contributed by atoms with Gasteiger partial charge in [0.05, 0.1) is 23.8 Å². The SMILES string of the molecule is COc1ccc2nc3ccccc3c(N=[N+]=[N-])c2c1. The molecule has 0 saturated carbocycles. The third kappa shape index (κ3) is 1.82. The van der Waals surface area contributed by atoms with Crippen LogP contribution in [0.2, 0.25) is 0 Å². The van der Waals surface area contributed by atoms with Crippen LogP contribution in [0.25, 0.3) is 32.2 Å². The lowest BCUT2D eigenvalue weighted by atomic mass is 10.1. The third-order valence-corrected chi connectivity index (χ3v) is 3.00. The fourth-order valence-corrected chi connectivity index (χ4v) is 2.13. The summed E-state index contributed by atoms with van der Waals surface area (Å²) in [7, 11) is 1.60. The summed E-state index contributed by atoms with van der Waals surface area (Å²) in [5.74, 6) is 0.707. The van der Waals surface area contributed by atoms with Gasteiger partial charge in [-0.25, -0.2) is 4.98 Å². The Balaban J connectivity index is 2.52. The van der Waals surface area contributed by atoms with Crippen molar-refractivity contribution in [2.24, 2.45) is 5.11 Å². The molecule has 0 spiro atoms. The molecule has 0 saturated heterocycles. The van der Waals surface area contributed by atoms with E-state index in [1.807, 2.05) is 42.5 Å². The van der Waals surface area contributed by atoms with Crippen molar-refractivity contribution >= 4 is 27.5 Å². The van der Waals surface area contributed by atoms with Gasteiger partial charge in [0.2, 0.25) is 0 Å². The van der Waals surface area contributed by atoms with E-state index in [-0.39, 0.29) is 0 Å². The summed E-state index contributed by atoms with van der Waals surface area (Å²) in [4.78, 5) is 7.48. The molecule has 0 aliphatic heterocycles. The van der Waals surface area contributed by atoms with E-state index in [9.17, 15) is 0 Å². The molecule has 0 unspecified atom stereocenters. The molecule has 0 aliphatic rings. The number of ether oxygens (including phenoxy) is 1. The summed E-state index contributed by atoms with van der Waals surface area (Å²) < 4.78 is 5.20. The lowest BCUT2D eigenvalue weighted by molar-refractivity contribution is 0.415. The summed E-state index contributed by atoms with van der Waals surface area (Å²) in [5, 5.41) is 5.45. The van der Waals surface area contributed by atoms with E-state index in [2.05, 4.69) is 15.0 Å². The standard InChI is InChI=1S/C14H10N4O/c1-19-9-6-7-13-11(8-9)14(17-18-15)10-4-2-3-5-12(10)16-13/h2-8H,1H3. The Morgan fingerprint density at radius 1 is 1.11 bits per heavy atom. The Kier molecular flexibility index (Phi) is 2.67. The van der Waals surface area contributed by atoms with Crippen molar-refractivity contribution in [2.45, 2.75) is 0 Å². The number of hydrogen-bond donors (Lipinski definition) is 0. The third-order valence-electron chi connectivity index (χ3n) is 3.00. The zero-order chi connectivity index (χ0) is 13.2. The Hall–Kier alpha value is -2.78. The van der Waals surface area contributed by atoms with Gasteiger partial charge in [-0.3, -0.25) is 0 Å². The molecule has 0 atom stereocenters. The van der Waals surface area contributed by atoms with Gasteiger partial charge >= 0.3 is 0 Å². The summed E-state index contributed by atoms with van der Waals surface area (Å²) in [6.45, 7) is 0. The molecule has 92 valence electrons. The monoisotopic (exact) mass is 250 g/mol. The van der Waals surface area contributed by atoms with Gasteiger partial charge in [0, 0.05) is 15.7 Å². The topological polar surface area (TPSA) is 70.9 Å². The van der Waals surface area contributed by atoms with Gasteiger partial charge in [-0.15, -0.1) is 0 Å². The molecule has 1 aromatic heterocycles. The van der Waals surface area contributed by atoms with E-state index in [0.29, 0.717) is 11.4 Å². The van der Waals surface area contributed by atoms with Crippen LogP contribution < -0.4 is 4.74 Å². The van der Waals surface area contributed by atoms with Crippen molar-refractivity contribution in [2.75, 3.05) is 7.11 Å². The Morgan fingerprint density at radius 2 is 1.89 bits per heavy atom. The first-order valence-electron chi connectivity index (χ1n) is 5.75. The lowest BCUT2D eigenvalue weighted by Crippen LogP contribution is -1.86. The minimum atomic E-state index is 0.585. The van der Waals surface area contributed by atoms with E-state index in [4.69, 9.17) is 10.3 Å². The second kappa shape index (κ2) is 4.48. The maximum absolute atomic E-state index is 8.77. The molecule has 19 heavy (non-hydrogen) atoms. The fourth-order valence-electron chi connectivity index (χ4n) is 2.13. The molecule has 2 aromatic carbocycles. The molecule has 1 heterocycles. The quantitative estimate of drug-likeness (QED) is 0.294. The Bertz CT molecular complexity index is 822. The molecule has 0 aliphatic carbocycles. The highest BCUT2D eigenvalue weighted by Gasteiger charge is 2.08. The maximum Gasteiger partial charge on any atom is 0.119 e. The number of hydrogen-bond acceptors (Lipinski definition) is 3. The smallest absolute Gasteiger partial charge is 0.119 e. The van der Waals surface area contributed by atoms with E-state index in [0.717, 1.165) is 21.8 Å². The highest BCUT2D eigenvalue weighted by atomic mass is 16.5. The number of fused-ring (bicyclic) bond motifs is 2. The number of pyridine rings is 1. The maximum atomic E-state index is 8.77. The normalized spacial score (nSPS) is 10.4. The van der Waals surface area contributed by atoms with Crippen molar-refractivity contribution in [1.82, 2.24) is 4.98 Å². The lowest BCUT2D eigenvalue weighted by Gasteiger charge is -2.07. The van der Waals surface area contributed by atoms with Crippen LogP contribution in [0.3, 0.4) is 0 Å². The predicted molar refractivity (Wildman–Crippen MR) is 74.6 cm³/mol. The fraction of sp³-hybridized carbons (Fsp3) is 0.0714. The molecule has 0 N–H and O–H groups in total. The first-order valence-corrected chi connectivity index (χ1v) is 5.75. The van der Waals surface area contributed by atoms with Gasteiger partial charge in [0.25, 0.3) is 0 Å². The van der Waals surface area contributed by atoms with Crippen LogP contribution in [-0.4, -0.2) is 12.1 Å². The number of methoxy groups -OCH3 is 1. The van der Waals surface area contributed by atoms with Crippen LogP contribution in [0, 0.1) is 0 Å². The van der Waals surface area contributed by atoms with Gasteiger partial charge in [-0.05, 0) is 29.8 Å². The van der Waals surface area contributed by atoms with Gasteiger partial charge < -0.3 is 4.74 Å². The molecule has 3 rings (SSSR count). The van der Waals surface area contributed by atoms with Gasteiger partial charge in [-0.2, -0.15) is 0 Å². The summed E-state index contributed by atoms with van der Waals surface area (Å²) in [5.41, 5.74) is 10.9. The van der Waals surface area contributed by atoms with Gasteiger partial charge in [0.15, 0.2) is 0 Å². The summed E-state index contributed by atoms with van der Waals surface area (Å²) in [6, 6.07) is 13.1. The molecule has 0 radical (unpaired) electrons. The van der Waals surface area contributed by atoms with Gasteiger partial charge in [0.1, 0.15) is 5.75 Å². The van der Waals surface area contributed by atoms with Crippen LogP contribution in [0.5, 0.6) is 5.75 Å². The van der Waals surface area contributed by atoms with Crippen LogP contribution in [0.15, 0.2) is 47.6 Å². The van der Waals surface area contributed by atoms with Crippen molar-refractivity contribution in [3.8, 4) is 5.75 Å². The molecule has 5 heteroatoms. The summed E-state index contributed by atoms with van der Waals surface area (Å²) in [6.07, 6.45) is 0. The molecule has 0 fully saturated rings. The first-order chi connectivity index (χ1) is 9.33. The summed E-state index contributed by atoms with van der Waals surface area (Å²) >= 11 is 0. The van der Waals surface area contributed by atoms with E-state index in [1.165, 1.54) is 0 Å². The van der Waals surface area contributed by atoms with E-state index >= 15 is 0 Å². The zero-order valence-corrected chi connectivity index (χ0v) is 10.2. The highest BCUT2D eigenvalue weighted by molar-refractivity contribution is 6.06. The van der Waals surface area contributed by atoms with Crippen molar-refractivity contribution in [3.05, 3.63) is 52.9 Å². The highest BCUT2D eigenvalue weighted by Crippen LogP contribution is 2.34. The molecule has 3 aromatic rings. The minimum Gasteiger partial charge on any atom is -0.497 e. The van der Waals surface area contributed by atoms with E-state index in [1.54, 1.807) is 7.11 Å². The average molecular weight is 250 g/mol. The first kappa shape index (κ1) is 11.3. The van der Waals surface area contributed by atoms with Crippen LogP contribution in [0.1, 0.15) is 0 Å². The zero-order valence-electron chi connectivity index (χ0n) is 10.2. The number of rotatable bonds is 2. The molecular weight excluding hydrogens is 240 g/mol. The predicted octanol–water partition coefficient (Wildman–Crippen LogP) is 4.34. The number of para-hydroxylation sites is 1. The Labute approximate surface area is 109 Å². The van der Waals surface area contributed by atoms with Crippen molar-refractivity contribution in [1.29, 1.82) is 0 Å². The molecule has 0 bridgehead atoms. The van der Waals surface area contributed by atoms with E-state index < -0.39 is 0 Å². The Morgan fingerprint density at radius 3 is 2.68 bits per heavy atom. The number of azide groups is 1. The van der Waals surface area contributed by atoms with Crippen LogP contribution in [-0.2, 0) is 0 Å².